The first-order valence-electron chi connectivity index (χ1n) is 8.18. The fourth-order valence-electron chi connectivity index (χ4n) is 3.67. The van der Waals surface area contributed by atoms with Crippen molar-refractivity contribution in [2.45, 2.75) is 31.7 Å². The van der Waals surface area contributed by atoms with Crippen molar-refractivity contribution in [2.24, 2.45) is 17.6 Å². The third kappa shape index (κ3) is 3.21. The molecule has 1 aromatic carbocycles. The van der Waals surface area contributed by atoms with Gasteiger partial charge in [-0.3, -0.25) is 9.59 Å². The number of carbonyl (C=O) groups excluding carboxylic acids is 2. The largest absolute Gasteiger partial charge is 0.344 e. The molecule has 1 saturated carbocycles. The van der Waals surface area contributed by atoms with Crippen LogP contribution in [0, 0.1) is 11.8 Å². The van der Waals surface area contributed by atoms with Crippen molar-refractivity contribution in [3.63, 3.8) is 0 Å². The predicted octanol–water partition coefficient (Wildman–Crippen LogP) is 1.94. The zero-order chi connectivity index (χ0) is 16.4. The summed E-state index contributed by atoms with van der Waals surface area (Å²) in [5.41, 5.74) is 6.45. The standard InChI is InChI=1S/C17H22ClN3O2/c18-13-6-1-2-7-15(13)21-9-8-14(17(21)23)20-16(22)12-5-3-4-11(12)10-19/h1-2,6-7,11-12,14H,3-5,8-10,19H2,(H,20,22)/t11-,12-,14?/m1/s1. The first kappa shape index (κ1) is 16.3. The monoisotopic (exact) mass is 335 g/mol. The van der Waals surface area contributed by atoms with Gasteiger partial charge >= 0.3 is 0 Å². The second-order valence-corrected chi connectivity index (χ2v) is 6.73. The molecule has 2 aliphatic rings. The van der Waals surface area contributed by atoms with Crippen molar-refractivity contribution in [3.8, 4) is 0 Å². The molecule has 1 heterocycles. The van der Waals surface area contributed by atoms with E-state index in [1.807, 2.05) is 18.2 Å². The highest BCUT2D eigenvalue weighted by Gasteiger charge is 2.38. The topological polar surface area (TPSA) is 75.4 Å². The molecule has 1 aromatic rings. The molecule has 3 N–H and O–H groups in total. The zero-order valence-corrected chi connectivity index (χ0v) is 13.8. The minimum Gasteiger partial charge on any atom is -0.344 e. The number of hydrogen-bond donors (Lipinski definition) is 2. The summed E-state index contributed by atoms with van der Waals surface area (Å²) in [6.07, 6.45) is 3.50. The molecular weight excluding hydrogens is 314 g/mol. The van der Waals surface area contributed by atoms with Gasteiger partial charge in [0, 0.05) is 12.5 Å². The van der Waals surface area contributed by atoms with Crippen LogP contribution in [0.3, 0.4) is 0 Å². The summed E-state index contributed by atoms with van der Waals surface area (Å²) in [6.45, 7) is 1.10. The van der Waals surface area contributed by atoms with Crippen LogP contribution in [0.4, 0.5) is 5.69 Å². The first-order valence-corrected chi connectivity index (χ1v) is 8.56. The molecule has 5 nitrogen and oxygen atoms in total. The fourth-order valence-corrected chi connectivity index (χ4v) is 3.90. The summed E-state index contributed by atoms with van der Waals surface area (Å²) in [7, 11) is 0. The molecule has 2 fully saturated rings. The van der Waals surface area contributed by atoms with Crippen molar-refractivity contribution in [2.75, 3.05) is 18.0 Å². The lowest BCUT2D eigenvalue weighted by Gasteiger charge is -2.21. The van der Waals surface area contributed by atoms with Gasteiger partial charge in [-0.15, -0.1) is 0 Å². The van der Waals surface area contributed by atoms with E-state index in [1.165, 1.54) is 0 Å². The van der Waals surface area contributed by atoms with Crippen LogP contribution >= 0.6 is 11.6 Å². The van der Waals surface area contributed by atoms with Crippen molar-refractivity contribution in [1.82, 2.24) is 5.32 Å². The lowest BCUT2D eigenvalue weighted by atomic mass is 9.95. The molecule has 1 aliphatic carbocycles. The van der Waals surface area contributed by atoms with Crippen LogP contribution < -0.4 is 16.0 Å². The van der Waals surface area contributed by atoms with Crippen molar-refractivity contribution in [1.29, 1.82) is 0 Å². The number of benzene rings is 1. The zero-order valence-electron chi connectivity index (χ0n) is 13.0. The normalized spacial score (nSPS) is 27.5. The molecule has 3 rings (SSSR count). The Morgan fingerprint density at radius 1 is 1.30 bits per heavy atom. The Morgan fingerprint density at radius 3 is 2.83 bits per heavy atom. The molecule has 124 valence electrons. The van der Waals surface area contributed by atoms with Gasteiger partial charge in [0.25, 0.3) is 0 Å². The minimum absolute atomic E-state index is 0.0303. The van der Waals surface area contributed by atoms with E-state index in [0.29, 0.717) is 30.2 Å². The Bertz CT molecular complexity index is 607. The second kappa shape index (κ2) is 6.89. The van der Waals surface area contributed by atoms with E-state index in [4.69, 9.17) is 17.3 Å². The molecule has 0 bridgehead atoms. The molecule has 23 heavy (non-hydrogen) atoms. The number of halogens is 1. The van der Waals surface area contributed by atoms with Crippen LogP contribution in [0.15, 0.2) is 24.3 Å². The lowest BCUT2D eigenvalue weighted by Crippen LogP contribution is -2.45. The highest BCUT2D eigenvalue weighted by molar-refractivity contribution is 6.34. The third-order valence-corrected chi connectivity index (χ3v) is 5.28. The van der Waals surface area contributed by atoms with Crippen molar-refractivity contribution in [3.05, 3.63) is 29.3 Å². The van der Waals surface area contributed by atoms with E-state index in [1.54, 1.807) is 11.0 Å². The van der Waals surface area contributed by atoms with Crippen molar-refractivity contribution >= 4 is 29.1 Å². The van der Waals surface area contributed by atoms with Gasteiger partial charge in [0.15, 0.2) is 0 Å². The van der Waals surface area contributed by atoms with Gasteiger partial charge in [-0.2, -0.15) is 0 Å². The van der Waals surface area contributed by atoms with E-state index >= 15 is 0 Å². The molecule has 0 radical (unpaired) electrons. The van der Waals surface area contributed by atoms with Gasteiger partial charge in [-0.05, 0) is 43.9 Å². The average Bonchev–Trinajstić information content (AvgIpc) is 3.16. The number of rotatable bonds is 4. The number of carbonyl (C=O) groups is 2. The molecule has 0 spiro atoms. The van der Waals surface area contributed by atoms with Gasteiger partial charge < -0.3 is 16.0 Å². The fraction of sp³-hybridized carbons (Fsp3) is 0.529. The van der Waals surface area contributed by atoms with E-state index in [-0.39, 0.29) is 23.7 Å². The van der Waals surface area contributed by atoms with E-state index < -0.39 is 6.04 Å². The minimum atomic E-state index is -0.460. The van der Waals surface area contributed by atoms with Crippen LogP contribution in [0.25, 0.3) is 0 Å². The maximum atomic E-state index is 12.6. The molecule has 3 atom stereocenters. The van der Waals surface area contributed by atoms with E-state index in [2.05, 4.69) is 5.32 Å². The number of amides is 2. The Balaban J connectivity index is 1.66. The van der Waals surface area contributed by atoms with Gasteiger partial charge in [0.2, 0.25) is 11.8 Å². The quantitative estimate of drug-likeness (QED) is 0.883. The number of anilines is 1. The van der Waals surface area contributed by atoms with Gasteiger partial charge in [0.05, 0.1) is 10.7 Å². The summed E-state index contributed by atoms with van der Waals surface area (Å²) >= 11 is 6.17. The van der Waals surface area contributed by atoms with Gasteiger partial charge in [-0.1, -0.05) is 30.2 Å². The Kier molecular flexibility index (Phi) is 4.87. The SMILES string of the molecule is NC[C@H]1CCC[C@H]1C(=O)NC1CCN(c2ccccc2Cl)C1=O. The molecule has 1 unspecified atom stereocenters. The molecule has 0 aromatic heterocycles. The number of para-hydroxylation sites is 1. The molecule has 6 heteroatoms. The van der Waals surface area contributed by atoms with Crippen LogP contribution in [0.5, 0.6) is 0 Å². The number of nitrogens with zero attached hydrogens (tertiary/aromatic N) is 1. The lowest BCUT2D eigenvalue weighted by molar-refractivity contribution is -0.129. The molecular formula is C17H22ClN3O2. The highest BCUT2D eigenvalue weighted by atomic mass is 35.5. The Labute approximate surface area is 141 Å². The summed E-state index contributed by atoms with van der Waals surface area (Å²) < 4.78 is 0. The maximum absolute atomic E-state index is 12.6. The smallest absolute Gasteiger partial charge is 0.249 e. The number of hydrogen-bond acceptors (Lipinski definition) is 3. The second-order valence-electron chi connectivity index (χ2n) is 6.32. The summed E-state index contributed by atoms with van der Waals surface area (Å²) in [5.74, 6) is 0.0689. The van der Waals surface area contributed by atoms with Crippen LogP contribution in [0.2, 0.25) is 5.02 Å². The molecule has 1 aliphatic heterocycles. The predicted molar refractivity (Wildman–Crippen MR) is 90.2 cm³/mol. The highest BCUT2D eigenvalue weighted by Crippen LogP contribution is 2.32. The van der Waals surface area contributed by atoms with Crippen LogP contribution in [-0.2, 0) is 9.59 Å². The summed E-state index contributed by atoms with van der Waals surface area (Å²) in [4.78, 5) is 26.7. The number of nitrogens with one attached hydrogen (secondary N) is 1. The summed E-state index contributed by atoms with van der Waals surface area (Å²) in [6, 6.07) is 6.81. The summed E-state index contributed by atoms with van der Waals surface area (Å²) in [5, 5.41) is 3.47. The van der Waals surface area contributed by atoms with Crippen LogP contribution in [0.1, 0.15) is 25.7 Å². The number of nitrogens with two attached hydrogens (primary N) is 1. The maximum Gasteiger partial charge on any atom is 0.249 e. The first-order chi connectivity index (χ1) is 11.1. The van der Waals surface area contributed by atoms with E-state index in [9.17, 15) is 9.59 Å². The Morgan fingerprint density at radius 2 is 2.09 bits per heavy atom. The molecule has 2 amide bonds. The Hall–Kier alpha value is -1.59. The van der Waals surface area contributed by atoms with Gasteiger partial charge in [0.1, 0.15) is 6.04 Å². The van der Waals surface area contributed by atoms with Crippen LogP contribution in [-0.4, -0.2) is 30.9 Å². The molecule has 1 saturated heterocycles. The average molecular weight is 336 g/mol. The van der Waals surface area contributed by atoms with Gasteiger partial charge in [-0.25, -0.2) is 0 Å². The third-order valence-electron chi connectivity index (χ3n) is 4.96. The van der Waals surface area contributed by atoms with Crippen molar-refractivity contribution < 1.29 is 9.59 Å². The van der Waals surface area contributed by atoms with E-state index in [0.717, 1.165) is 19.3 Å².